The van der Waals surface area contributed by atoms with Crippen LogP contribution in [0.15, 0.2) is 52.0 Å². The topological polar surface area (TPSA) is 89.5 Å². The van der Waals surface area contributed by atoms with E-state index < -0.39 is 0 Å². The number of benzene rings is 1. The fraction of sp³-hybridized carbons (Fsp3) is 0.200. The van der Waals surface area contributed by atoms with Gasteiger partial charge in [0.15, 0.2) is 16.6 Å². The van der Waals surface area contributed by atoms with Crippen LogP contribution < -0.4 is 5.32 Å². The van der Waals surface area contributed by atoms with E-state index >= 15 is 0 Å². The Morgan fingerprint density at radius 1 is 1.18 bits per heavy atom. The molecule has 0 spiro atoms. The average Bonchev–Trinajstić information content (AvgIpc) is 3.32. The molecule has 0 aliphatic rings. The van der Waals surface area contributed by atoms with Gasteiger partial charge in [0.2, 0.25) is 11.7 Å². The summed E-state index contributed by atoms with van der Waals surface area (Å²) in [4.78, 5) is 23.5. The van der Waals surface area contributed by atoms with Gasteiger partial charge in [0.05, 0.1) is 17.8 Å². The van der Waals surface area contributed by atoms with Gasteiger partial charge in [0.25, 0.3) is 0 Å². The molecule has 0 fully saturated rings. The first-order chi connectivity index (χ1) is 13.5. The number of aromatic nitrogens is 3. The van der Waals surface area contributed by atoms with Gasteiger partial charge < -0.3 is 9.73 Å². The van der Waals surface area contributed by atoms with Crippen molar-refractivity contribution in [3.63, 3.8) is 0 Å². The van der Waals surface area contributed by atoms with Crippen molar-refractivity contribution in [3.05, 3.63) is 59.5 Å². The minimum atomic E-state index is -0.152. The average molecular weight is 394 g/mol. The van der Waals surface area contributed by atoms with Gasteiger partial charge in [0.1, 0.15) is 5.76 Å². The Kier molecular flexibility index (Phi) is 4.87. The Labute approximate surface area is 165 Å². The molecule has 0 radical (unpaired) electrons. The van der Waals surface area contributed by atoms with Gasteiger partial charge >= 0.3 is 0 Å². The van der Waals surface area contributed by atoms with Crippen LogP contribution in [-0.4, -0.2) is 32.0 Å². The summed E-state index contributed by atoms with van der Waals surface area (Å²) < 4.78 is 7.48. The Morgan fingerprint density at radius 3 is 2.82 bits per heavy atom. The minimum Gasteiger partial charge on any atom is -0.456 e. The number of nitrogens with zero attached hydrogens (tertiary/aromatic N) is 3. The zero-order valence-electron chi connectivity index (χ0n) is 15.4. The molecule has 0 aliphatic heterocycles. The molecule has 0 bridgehead atoms. The molecule has 0 saturated carbocycles. The summed E-state index contributed by atoms with van der Waals surface area (Å²) in [7, 11) is 0. The van der Waals surface area contributed by atoms with Crippen LogP contribution in [-0.2, 0) is 11.3 Å². The van der Waals surface area contributed by atoms with Gasteiger partial charge in [-0.05, 0) is 36.8 Å². The van der Waals surface area contributed by atoms with Gasteiger partial charge in [-0.15, -0.1) is 10.2 Å². The Bertz CT molecular complexity index is 1190. The molecule has 0 aliphatic carbocycles. The molecular formula is C20H18N4O3S. The van der Waals surface area contributed by atoms with E-state index in [-0.39, 0.29) is 29.7 Å². The number of carbonyl (C=O) groups excluding carboxylic acids is 2. The second-order valence-electron chi connectivity index (χ2n) is 6.41. The van der Waals surface area contributed by atoms with Crippen LogP contribution >= 0.6 is 11.8 Å². The quantitative estimate of drug-likeness (QED) is 0.398. The monoisotopic (exact) mass is 394 g/mol. The molecule has 7 nitrogen and oxygen atoms in total. The summed E-state index contributed by atoms with van der Waals surface area (Å²) in [6.07, 6.45) is 0. The van der Waals surface area contributed by atoms with Crippen molar-refractivity contribution in [1.82, 2.24) is 19.9 Å². The maximum Gasteiger partial charge on any atom is 0.217 e. The predicted molar refractivity (Wildman–Crippen MR) is 107 cm³/mol. The Hall–Kier alpha value is -3.13. The number of para-hydroxylation sites is 1. The van der Waals surface area contributed by atoms with E-state index in [1.807, 2.05) is 35.6 Å². The minimum absolute atomic E-state index is 0.146. The van der Waals surface area contributed by atoms with Crippen molar-refractivity contribution in [2.24, 2.45) is 0 Å². The lowest BCUT2D eigenvalue weighted by Crippen LogP contribution is -2.18. The normalized spacial score (nSPS) is 11.2. The molecule has 1 amide bonds. The number of nitrogens with one attached hydrogen (secondary N) is 1. The van der Waals surface area contributed by atoms with Gasteiger partial charge in [-0.1, -0.05) is 30.0 Å². The van der Waals surface area contributed by atoms with Crippen LogP contribution in [0.1, 0.15) is 28.8 Å². The number of furan rings is 1. The van der Waals surface area contributed by atoms with E-state index in [0.29, 0.717) is 10.9 Å². The van der Waals surface area contributed by atoms with E-state index in [9.17, 15) is 9.59 Å². The second-order valence-corrected chi connectivity index (χ2v) is 7.35. The number of hydrogen-bond donors (Lipinski definition) is 1. The summed E-state index contributed by atoms with van der Waals surface area (Å²) in [5, 5.41) is 12.9. The third-order valence-electron chi connectivity index (χ3n) is 4.35. The zero-order chi connectivity index (χ0) is 19.7. The zero-order valence-corrected chi connectivity index (χ0v) is 16.2. The SMILES string of the molecule is CC(=O)NCc1ccc(C(=O)CSc2nnc3cc(C)c4ccccc4n23)o1. The maximum absolute atomic E-state index is 12.5. The Morgan fingerprint density at radius 2 is 2.00 bits per heavy atom. The van der Waals surface area contributed by atoms with Gasteiger partial charge in [-0.2, -0.15) is 0 Å². The highest BCUT2D eigenvalue weighted by Gasteiger charge is 2.16. The lowest BCUT2D eigenvalue weighted by atomic mass is 10.1. The molecule has 0 atom stereocenters. The number of rotatable bonds is 6. The first-order valence-electron chi connectivity index (χ1n) is 8.75. The molecule has 1 aromatic carbocycles. The third kappa shape index (κ3) is 3.50. The highest BCUT2D eigenvalue weighted by Crippen LogP contribution is 2.26. The molecule has 4 aromatic rings. The molecular weight excluding hydrogens is 376 g/mol. The van der Waals surface area contributed by atoms with Crippen LogP contribution in [0.3, 0.4) is 0 Å². The lowest BCUT2D eigenvalue weighted by molar-refractivity contribution is -0.119. The van der Waals surface area contributed by atoms with Crippen molar-refractivity contribution in [2.75, 3.05) is 5.75 Å². The molecule has 142 valence electrons. The van der Waals surface area contributed by atoms with E-state index in [1.165, 1.54) is 18.7 Å². The summed E-state index contributed by atoms with van der Waals surface area (Å²) in [6.45, 7) is 3.73. The highest BCUT2D eigenvalue weighted by atomic mass is 32.2. The maximum atomic E-state index is 12.5. The first kappa shape index (κ1) is 18.2. The van der Waals surface area contributed by atoms with Crippen LogP contribution in [0.4, 0.5) is 0 Å². The number of carbonyl (C=O) groups is 2. The van der Waals surface area contributed by atoms with Crippen molar-refractivity contribution in [2.45, 2.75) is 25.5 Å². The lowest BCUT2D eigenvalue weighted by Gasteiger charge is -2.06. The predicted octanol–water partition coefficient (Wildman–Crippen LogP) is 3.40. The van der Waals surface area contributed by atoms with Crippen molar-refractivity contribution >= 4 is 40.0 Å². The van der Waals surface area contributed by atoms with Crippen molar-refractivity contribution in [1.29, 1.82) is 0 Å². The van der Waals surface area contributed by atoms with Gasteiger partial charge in [0, 0.05) is 12.3 Å². The van der Waals surface area contributed by atoms with E-state index in [1.54, 1.807) is 12.1 Å². The summed E-state index contributed by atoms with van der Waals surface area (Å²) in [6, 6.07) is 13.4. The molecule has 8 heteroatoms. The first-order valence-corrected chi connectivity index (χ1v) is 9.74. The fourth-order valence-corrected chi connectivity index (χ4v) is 3.83. The molecule has 3 heterocycles. The van der Waals surface area contributed by atoms with Gasteiger partial charge in [-0.25, -0.2) is 0 Å². The molecule has 0 unspecified atom stereocenters. The number of ketones is 1. The summed E-state index contributed by atoms with van der Waals surface area (Å²) >= 11 is 1.32. The highest BCUT2D eigenvalue weighted by molar-refractivity contribution is 7.99. The van der Waals surface area contributed by atoms with E-state index in [0.717, 1.165) is 22.1 Å². The third-order valence-corrected chi connectivity index (χ3v) is 5.28. The number of Topliss-reactive ketones (excluding diaryl/α,β-unsaturated/α-hetero) is 1. The molecule has 28 heavy (non-hydrogen) atoms. The second kappa shape index (κ2) is 7.47. The molecule has 0 saturated heterocycles. The largest absolute Gasteiger partial charge is 0.456 e. The summed E-state index contributed by atoms with van der Waals surface area (Å²) in [5.74, 6) is 0.685. The van der Waals surface area contributed by atoms with Crippen LogP contribution in [0.5, 0.6) is 0 Å². The standard InChI is InChI=1S/C20H18N4O3S/c1-12-9-19-22-23-20(24(19)16-6-4-3-5-15(12)16)28-11-17(26)18-8-7-14(27-18)10-21-13(2)25/h3-9H,10-11H2,1-2H3,(H,21,25). The molecule has 1 N–H and O–H groups in total. The smallest absolute Gasteiger partial charge is 0.217 e. The fourth-order valence-electron chi connectivity index (χ4n) is 3.00. The molecule has 4 rings (SSSR count). The summed E-state index contributed by atoms with van der Waals surface area (Å²) in [5.41, 5.74) is 2.89. The number of amides is 1. The Balaban J connectivity index is 1.54. The van der Waals surface area contributed by atoms with Crippen LogP contribution in [0.2, 0.25) is 0 Å². The number of hydrogen-bond acceptors (Lipinski definition) is 6. The molecule has 3 aromatic heterocycles. The number of aryl methyl sites for hydroxylation is 1. The van der Waals surface area contributed by atoms with Crippen molar-refractivity contribution in [3.8, 4) is 0 Å². The van der Waals surface area contributed by atoms with E-state index in [2.05, 4.69) is 21.6 Å². The number of thioether (sulfide) groups is 1. The number of fused-ring (bicyclic) bond motifs is 3. The van der Waals surface area contributed by atoms with Crippen molar-refractivity contribution < 1.29 is 14.0 Å². The van der Waals surface area contributed by atoms with Gasteiger partial charge in [-0.3, -0.25) is 14.0 Å². The van der Waals surface area contributed by atoms with Crippen LogP contribution in [0.25, 0.3) is 16.6 Å². The van der Waals surface area contributed by atoms with E-state index in [4.69, 9.17) is 4.42 Å². The van der Waals surface area contributed by atoms with Crippen LogP contribution in [0, 0.1) is 6.92 Å². The number of pyridine rings is 1.